The molecule has 1 heterocycles. The molecule has 2 N–H and O–H groups in total. The second kappa shape index (κ2) is 7.57. The van der Waals surface area contributed by atoms with Gasteiger partial charge in [-0.25, -0.2) is 5.48 Å². The fourth-order valence-corrected chi connectivity index (χ4v) is 3.29. The lowest BCUT2D eigenvalue weighted by Crippen LogP contribution is -2.24. The number of hydrogen-bond donors (Lipinski definition) is 2. The zero-order chi connectivity index (χ0) is 17.8. The van der Waals surface area contributed by atoms with Gasteiger partial charge < -0.3 is 9.80 Å². The quantitative estimate of drug-likeness (QED) is 0.663. The van der Waals surface area contributed by atoms with Crippen molar-refractivity contribution in [1.29, 1.82) is 0 Å². The van der Waals surface area contributed by atoms with E-state index in [0.717, 1.165) is 25.1 Å². The standard InChI is InChI=1S/C20H25N3O2/c1-22(2)18-11-10-16-5-3-4-12-23(19(16)13-18)14-15-6-8-17(9-7-15)20(24)21-25/h6-11,13,25H,3-5,12,14H2,1-2H3,(H,21,24). The summed E-state index contributed by atoms with van der Waals surface area (Å²) in [5.74, 6) is -0.484. The Hall–Kier alpha value is -2.53. The van der Waals surface area contributed by atoms with Crippen molar-refractivity contribution in [1.82, 2.24) is 5.48 Å². The smallest absolute Gasteiger partial charge is 0.274 e. The Morgan fingerprint density at radius 1 is 1.16 bits per heavy atom. The molecule has 5 nitrogen and oxygen atoms in total. The SMILES string of the molecule is CN(C)c1ccc2c(c1)N(Cc1ccc(C(=O)NO)cc1)CCCC2. The lowest BCUT2D eigenvalue weighted by Gasteiger charge is -2.27. The topological polar surface area (TPSA) is 55.8 Å². The number of carbonyl (C=O) groups is 1. The number of hydrogen-bond acceptors (Lipinski definition) is 4. The molecule has 5 heteroatoms. The maximum absolute atomic E-state index is 11.4. The highest BCUT2D eigenvalue weighted by Crippen LogP contribution is 2.31. The zero-order valence-electron chi connectivity index (χ0n) is 14.8. The molecule has 1 amide bonds. The number of nitrogens with zero attached hydrogens (tertiary/aromatic N) is 2. The molecule has 0 fully saturated rings. The number of amides is 1. The molecule has 25 heavy (non-hydrogen) atoms. The van der Waals surface area contributed by atoms with E-state index in [1.807, 2.05) is 12.1 Å². The van der Waals surface area contributed by atoms with Gasteiger partial charge in [0.15, 0.2) is 0 Å². The normalized spacial score (nSPS) is 13.8. The molecular formula is C20H25N3O2. The van der Waals surface area contributed by atoms with Crippen LogP contribution in [-0.2, 0) is 13.0 Å². The number of hydroxylamine groups is 1. The summed E-state index contributed by atoms with van der Waals surface area (Å²) >= 11 is 0. The van der Waals surface area contributed by atoms with E-state index in [0.29, 0.717) is 5.56 Å². The molecule has 2 aromatic carbocycles. The van der Waals surface area contributed by atoms with Crippen LogP contribution in [0.25, 0.3) is 0 Å². The average molecular weight is 339 g/mol. The minimum Gasteiger partial charge on any atom is -0.378 e. The first-order valence-corrected chi connectivity index (χ1v) is 8.67. The van der Waals surface area contributed by atoms with Gasteiger partial charge in [0.05, 0.1) is 0 Å². The number of fused-ring (bicyclic) bond motifs is 1. The highest BCUT2D eigenvalue weighted by atomic mass is 16.5. The van der Waals surface area contributed by atoms with E-state index >= 15 is 0 Å². The van der Waals surface area contributed by atoms with Gasteiger partial charge in [0.1, 0.15) is 0 Å². The van der Waals surface area contributed by atoms with Crippen molar-refractivity contribution >= 4 is 17.3 Å². The molecule has 0 saturated carbocycles. The van der Waals surface area contributed by atoms with Crippen LogP contribution in [0.3, 0.4) is 0 Å². The summed E-state index contributed by atoms with van der Waals surface area (Å²) in [6.45, 7) is 1.84. The van der Waals surface area contributed by atoms with Crippen LogP contribution in [0, 0.1) is 0 Å². The van der Waals surface area contributed by atoms with Crippen molar-refractivity contribution in [3.8, 4) is 0 Å². The first-order valence-electron chi connectivity index (χ1n) is 8.67. The van der Waals surface area contributed by atoms with Crippen LogP contribution >= 0.6 is 0 Å². The van der Waals surface area contributed by atoms with Crippen LogP contribution in [-0.4, -0.2) is 31.8 Å². The monoisotopic (exact) mass is 339 g/mol. The summed E-state index contributed by atoms with van der Waals surface area (Å²) in [5.41, 5.74) is 7.19. The molecule has 2 aromatic rings. The van der Waals surface area contributed by atoms with Gasteiger partial charge in [0, 0.05) is 44.1 Å². The number of carbonyl (C=O) groups excluding carboxylic acids is 1. The first-order chi connectivity index (χ1) is 12.1. The van der Waals surface area contributed by atoms with E-state index in [4.69, 9.17) is 5.21 Å². The third-order valence-electron chi connectivity index (χ3n) is 4.74. The number of aryl methyl sites for hydroxylation is 1. The molecule has 0 unspecified atom stereocenters. The molecule has 0 spiro atoms. The molecule has 0 saturated heterocycles. The Balaban J connectivity index is 1.85. The summed E-state index contributed by atoms with van der Waals surface area (Å²) in [6, 6.07) is 14.1. The van der Waals surface area contributed by atoms with E-state index in [1.165, 1.54) is 29.8 Å². The summed E-state index contributed by atoms with van der Waals surface area (Å²) in [7, 11) is 4.13. The van der Waals surface area contributed by atoms with Crippen molar-refractivity contribution in [3.05, 3.63) is 59.2 Å². The lowest BCUT2D eigenvalue weighted by molar-refractivity contribution is 0.0706. The van der Waals surface area contributed by atoms with Gasteiger partial charge in [-0.15, -0.1) is 0 Å². The Kier molecular flexibility index (Phi) is 5.24. The summed E-state index contributed by atoms with van der Waals surface area (Å²) in [6.07, 6.45) is 3.51. The Labute approximate surface area is 148 Å². The third kappa shape index (κ3) is 3.94. The molecule has 132 valence electrons. The number of benzene rings is 2. The Morgan fingerprint density at radius 3 is 2.60 bits per heavy atom. The maximum Gasteiger partial charge on any atom is 0.274 e. The van der Waals surface area contributed by atoms with Gasteiger partial charge in [0.2, 0.25) is 0 Å². The van der Waals surface area contributed by atoms with E-state index in [1.54, 1.807) is 17.6 Å². The Bertz CT molecular complexity index is 741. The largest absolute Gasteiger partial charge is 0.378 e. The Morgan fingerprint density at radius 2 is 1.92 bits per heavy atom. The van der Waals surface area contributed by atoms with Gasteiger partial charge in [-0.2, -0.15) is 0 Å². The molecule has 0 aromatic heterocycles. The fourth-order valence-electron chi connectivity index (χ4n) is 3.29. The van der Waals surface area contributed by atoms with Gasteiger partial charge >= 0.3 is 0 Å². The van der Waals surface area contributed by atoms with Crippen LogP contribution in [0.5, 0.6) is 0 Å². The molecule has 0 atom stereocenters. The number of nitrogens with one attached hydrogen (secondary N) is 1. The predicted octanol–water partition coefficient (Wildman–Crippen LogP) is 3.21. The third-order valence-corrected chi connectivity index (χ3v) is 4.74. The highest BCUT2D eigenvalue weighted by molar-refractivity contribution is 5.93. The molecule has 0 radical (unpaired) electrons. The van der Waals surface area contributed by atoms with Gasteiger partial charge in [-0.3, -0.25) is 10.0 Å². The van der Waals surface area contributed by atoms with Crippen molar-refractivity contribution in [3.63, 3.8) is 0 Å². The van der Waals surface area contributed by atoms with Crippen LogP contribution in [0.4, 0.5) is 11.4 Å². The molecule has 0 bridgehead atoms. The lowest BCUT2D eigenvalue weighted by atomic mass is 10.1. The first kappa shape index (κ1) is 17.3. The fraction of sp³-hybridized carbons (Fsp3) is 0.350. The molecule has 3 rings (SSSR count). The predicted molar refractivity (Wildman–Crippen MR) is 100 cm³/mol. The van der Waals surface area contributed by atoms with Crippen LogP contribution in [0.2, 0.25) is 0 Å². The van der Waals surface area contributed by atoms with Gasteiger partial charge in [-0.1, -0.05) is 18.2 Å². The molecule has 1 aliphatic rings. The minimum absolute atomic E-state index is 0.456. The van der Waals surface area contributed by atoms with Crippen molar-refractivity contribution < 1.29 is 10.0 Å². The van der Waals surface area contributed by atoms with E-state index in [-0.39, 0.29) is 0 Å². The molecule has 1 aliphatic heterocycles. The summed E-state index contributed by atoms with van der Waals surface area (Å²) < 4.78 is 0. The van der Waals surface area contributed by atoms with Crippen molar-refractivity contribution in [2.45, 2.75) is 25.8 Å². The number of anilines is 2. The summed E-state index contributed by atoms with van der Waals surface area (Å²) in [4.78, 5) is 16.0. The van der Waals surface area contributed by atoms with E-state index < -0.39 is 5.91 Å². The van der Waals surface area contributed by atoms with Gasteiger partial charge in [0.25, 0.3) is 5.91 Å². The van der Waals surface area contributed by atoms with Gasteiger partial charge in [-0.05, 0) is 54.7 Å². The molecular weight excluding hydrogens is 314 g/mol. The second-order valence-corrected chi connectivity index (χ2v) is 6.72. The van der Waals surface area contributed by atoms with Crippen LogP contribution in [0.15, 0.2) is 42.5 Å². The van der Waals surface area contributed by atoms with Crippen LogP contribution in [0.1, 0.15) is 34.3 Å². The van der Waals surface area contributed by atoms with Crippen molar-refractivity contribution in [2.24, 2.45) is 0 Å². The van der Waals surface area contributed by atoms with Crippen LogP contribution < -0.4 is 15.3 Å². The minimum atomic E-state index is -0.484. The average Bonchev–Trinajstić information content (AvgIpc) is 2.83. The summed E-state index contributed by atoms with van der Waals surface area (Å²) in [5, 5.41) is 8.72. The maximum atomic E-state index is 11.4. The van der Waals surface area contributed by atoms with E-state index in [9.17, 15) is 4.79 Å². The number of rotatable bonds is 4. The van der Waals surface area contributed by atoms with E-state index in [2.05, 4.69) is 42.1 Å². The molecule has 0 aliphatic carbocycles. The zero-order valence-corrected chi connectivity index (χ0v) is 14.8. The van der Waals surface area contributed by atoms with Crippen molar-refractivity contribution in [2.75, 3.05) is 30.4 Å². The highest BCUT2D eigenvalue weighted by Gasteiger charge is 2.17. The second-order valence-electron chi connectivity index (χ2n) is 6.72.